The number of hydrogen-bond acceptors (Lipinski definition) is 7. The number of rotatable bonds is 12. The molecule has 9 heteroatoms. The van der Waals surface area contributed by atoms with Crippen LogP contribution in [0.4, 0.5) is 4.39 Å². The lowest BCUT2D eigenvalue weighted by atomic mass is 10.1. The van der Waals surface area contributed by atoms with Gasteiger partial charge in [-0.2, -0.15) is 5.10 Å². The number of halogens is 1. The van der Waals surface area contributed by atoms with Crippen molar-refractivity contribution in [2.75, 3.05) is 33.4 Å². The monoisotopic (exact) mass is 556 g/mol. The standard InChI is InChI=1S/C32H33FN4O4/c1-39-30-20-25-27(21-31(30)40-17-7-16-37-14-5-6-15-37)34-13-12-28(25)41-29-11-10-24(18-26(29)33)19-32(38)36-35-22-23-8-3-2-4-9-23/h2-4,8-13,18,20-22H,5-7,14-17,19H2,1H3,(H,36,38)/b35-22+. The van der Waals surface area contributed by atoms with Crippen molar-refractivity contribution in [1.29, 1.82) is 0 Å². The van der Waals surface area contributed by atoms with Gasteiger partial charge in [-0.3, -0.25) is 9.78 Å². The Morgan fingerprint density at radius 1 is 1.02 bits per heavy atom. The molecule has 1 amide bonds. The number of methoxy groups -OCH3 is 1. The second-order valence-corrected chi connectivity index (χ2v) is 9.83. The lowest BCUT2D eigenvalue weighted by molar-refractivity contribution is -0.120. The molecular weight excluding hydrogens is 523 g/mol. The zero-order chi connectivity index (χ0) is 28.4. The first-order valence-electron chi connectivity index (χ1n) is 13.7. The van der Waals surface area contributed by atoms with Crippen LogP contribution in [0.15, 0.2) is 78.0 Å². The summed E-state index contributed by atoms with van der Waals surface area (Å²) in [5, 5.41) is 4.61. The highest BCUT2D eigenvalue weighted by atomic mass is 19.1. The van der Waals surface area contributed by atoms with Gasteiger partial charge in [0, 0.05) is 24.2 Å². The molecule has 5 rings (SSSR count). The van der Waals surface area contributed by atoms with Crippen molar-refractivity contribution >= 4 is 23.0 Å². The van der Waals surface area contributed by atoms with E-state index in [-0.39, 0.29) is 18.1 Å². The van der Waals surface area contributed by atoms with Crippen LogP contribution < -0.4 is 19.6 Å². The van der Waals surface area contributed by atoms with E-state index < -0.39 is 5.82 Å². The Bertz CT molecular complexity index is 1510. The number of carbonyl (C=O) groups is 1. The fraction of sp³-hybridized carbons (Fsp3) is 0.281. The van der Waals surface area contributed by atoms with Crippen LogP contribution in [0, 0.1) is 5.82 Å². The molecule has 212 valence electrons. The van der Waals surface area contributed by atoms with Crippen LogP contribution in [-0.2, 0) is 11.2 Å². The van der Waals surface area contributed by atoms with Gasteiger partial charge in [-0.15, -0.1) is 0 Å². The van der Waals surface area contributed by atoms with E-state index in [1.807, 2.05) is 36.4 Å². The summed E-state index contributed by atoms with van der Waals surface area (Å²) in [5.74, 6) is 0.671. The summed E-state index contributed by atoms with van der Waals surface area (Å²) in [6, 6.07) is 19.1. The number of aromatic nitrogens is 1. The topological polar surface area (TPSA) is 85.3 Å². The van der Waals surface area contributed by atoms with Crippen molar-refractivity contribution in [1.82, 2.24) is 15.3 Å². The molecular formula is C32H33FN4O4. The normalized spacial score (nSPS) is 13.5. The van der Waals surface area contributed by atoms with E-state index >= 15 is 4.39 Å². The molecule has 0 radical (unpaired) electrons. The molecule has 2 heterocycles. The number of nitrogens with one attached hydrogen (secondary N) is 1. The van der Waals surface area contributed by atoms with E-state index in [0.29, 0.717) is 40.3 Å². The largest absolute Gasteiger partial charge is 0.493 e. The van der Waals surface area contributed by atoms with Crippen LogP contribution in [0.5, 0.6) is 23.0 Å². The van der Waals surface area contributed by atoms with Crippen molar-refractivity contribution in [2.24, 2.45) is 5.10 Å². The Labute approximate surface area is 238 Å². The van der Waals surface area contributed by atoms with E-state index in [2.05, 4.69) is 20.4 Å². The molecule has 1 saturated heterocycles. The summed E-state index contributed by atoms with van der Waals surface area (Å²) in [6.07, 6.45) is 6.59. The molecule has 41 heavy (non-hydrogen) atoms. The highest BCUT2D eigenvalue weighted by Gasteiger charge is 2.15. The highest BCUT2D eigenvalue weighted by Crippen LogP contribution is 2.37. The number of pyridine rings is 1. The van der Waals surface area contributed by atoms with Gasteiger partial charge in [-0.05, 0) is 67.7 Å². The quantitative estimate of drug-likeness (QED) is 0.136. The fourth-order valence-corrected chi connectivity index (χ4v) is 4.76. The van der Waals surface area contributed by atoms with Crippen LogP contribution in [0.3, 0.4) is 0 Å². The molecule has 1 aliphatic heterocycles. The molecule has 1 N–H and O–H groups in total. The molecule has 0 saturated carbocycles. The summed E-state index contributed by atoms with van der Waals surface area (Å²) < 4.78 is 32.6. The molecule has 0 aliphatic carbocycles. The molecule has 0 unspecified atom stereocenters. The maximum atomic E-state index is 15.0. The van der Waals surface area contributed by atoms with Crippen LogP contribution in [-0.4, -0.2) is 55.4 Å². The summed E-state index contributed by atoms with van der Waals surface area (Å²) in [5.41, 5.74) is 4.46. The summed E-state index contributed by atoms with van der Waals surface area (Å²) in [7, 11) is 1.58. The van der Waals surface area contributed by atoms with Gasteiger partial charge < -0.3 is 19.1 Å². The van der Waals surface area contributed by atoms with Gasteiger partial charge in [0.05, 0.1) is 31.9 Å². The number of benzene rings is 3. The molecule has 0 atom stereocenters. The molecule has 8 nitrogen and oxygen atoms in total. The average molecular weight is 557 g/mol. The number of likely N-dealkylation sites (tertiary alicyclic amines) is 1. The van der Waals surface area contributed by atoms with Crippen LogP contribution in [0.2, 0.25) is 0 Å². The van der Waals surface area contributed by atoms with Gasteiger partial charge in [0.15, 0.2) is 23.1 Å². The number of ether oxygens (including phenoxy) is 3. The van der Waals surface area contributed by atoms with Gasteiger partial charge >= 0.3 is 0 Å². The zero-order valence-corrected chi connectivity index (χ0v) is 23.0. The zero-order valence-electron chi connectivity index (χ0n) is 23.0. The number of hydrogen-bond donors (Lipinski definition) is 1. The third-order valence-electron chi connectivity index (χ3n) is 6.85. The molecule has 1 fully saturated rings. The van der Waals surface area contributed by atoms with Crippen molar-refractivity contribution < 1.29 is 23.4 Å². The minimum Gasteiger partial charge on any atom is -0.493 e. The minimum atomic E-state index is -0.585. The van der Waals surface area contributed by atoms with Crippen molar-refractivity contribution in [3.63, 3.8) is 0 Å². The van der Waals surface area contributed by atoms with Gasteiger partial charge in [-0.1, -0.05) is 36.4 Å². The number of nitrogens with zero attached hydrogens (tertiary/aromatic N) is 3. The predicted molar refractivity (Wildman–Crippen MR) is 156 cm³/mol. The van der Waals surface area contributed by atoms with Gasteiger partial charge in [0.25, 0.3) is 0 Å². The maximum Gasteiger partial charge on any atom is 0.244 e. The first kappa shape index (κ1) is 28.0. The molecule has 1 aromatic heterocycles. The lowest BCUT2D eigenvalue weighted by Gasteiger charge is -2.16. The average Bonchev–Trinajstić information content (AvgIpc) is 3.51. The summed E-state index contributed by atoms with van der Waals surface area (Å²) in [4.78, 5) is 19.2. The van der Waals surface area contributed by atoms with Crippen LogP contribution >= 0.6 is 0 Å². The van der Waals surface area contributed by atoms with Crippen LogP contribution in [0.25, 0.3) is 10.9 Å². The highest BCUT2D eigenvalue weighted by molar-refractivity contribution is 5.88. The van der Waals surface area contributed by atoms with E-state index in [9.17, 15) is 4.79 Å². The van der Waals surface area contributed by atoms with Crippen molar-refractivity contribution in [2.45, 2.75) is 25.7 Å². The number of hydrazone groups is 1. The van der Waals surface area contributed by atoms with Crippen molar-refractivity contribution in [3.8, 4) is 23.0 Å². The number of carbonyl (C=O) groups excluding carboxylic acids is 1. The number of amides is 1. The smallest absolute Gasteiger partial charge is 0.244 e. The Hall–Kier alpha value is -4.50. The first-order chi connectivity index (χ1) is 20.1. The van der Waals surface area contributed by atoms with E-state index in [1.54, 1.807) is 37.7 Å². The second kappa shape index (κ2) is 13.7. The number of fused-ring (bicyclic) bond motifs is 1. The minimum absolute atomic E-state index is 0.0282. The van der Waals surface area contributed by atoms with Gasteiger partial charge in [0.2, 0.25) is 5.91 Å². The second-order valence-electron chi connectivity index (χ2n) is 9.83. The van der Waals surface area contributed by atoms with Gasteiger partial charge in [0.1, 0.15) is 5.75 Å². The Kier molecular flexibility index (Phi) is 9.38. The third-order valence-corrected chi connectivity index (χ3v) is 6.85. The molecule has 0 spiro atoms. The summed E-state index contributed by atoms with van der Waals surface area (Å²) in [6.45, 7) is 3.91. The van der Waals surface area contributed by atoms with Crippen molar-refractivity contribution in [3.05, 3.63) is 89.9 Å². The van der Waals surface area contributed by atoms with E-state index in [4.69, 9.17) is 14.2 Å². The molecule has 4 aromatic rings. The lowest BCUT2D eigenvalue weighted by Crippen LogP contribution is -2.21. The summed E-state index contributed by atoms with van der Waals surface area (Å²) >= 11 is 0. The predicted octanol–water partition coefficient (Wildman–Crippen LogP) is 5.73. The van der Waals surface area contributed by atoms with Gasteiger partial charge in [-0.25, -0.2) is 9.82 Å². The Morgan fingerprint density at radius 3 is 2.63 bits per heavy atom. The first-order valence-corrected chi connectivity index (χ1v) is 13.7. The Morgan fingerprint density at radius 2 is 1.85 bits per heavy atom. The molecule has 0 bridgehead atoms. The fourth-order valence-electron chi connectivity index (χ4n) is 4.76. The van der Waals surface area contributed by atoms with Crippen LogP contribution in [0.1, 0.15) is 30.4 Å². The SMILES string of the molecule is COc1cc2c(Oc3ccc(CC(=O)N/N=C/c4ccccc4)cc3F)ccnc2cc1OCCCN1CCCC1. The van der Waals surface area contributed by atoms with E-state index in [0.717, 1.165) is 31.6 Å². The maximum absolute atomic E-state index is 15.0. The van der Waals surface area contributed by atoms with E-state index in [1.165, 1.54) is 25.0 Å². The Balaban J connectivity index is 1.22. The molecule has 1 aliphatic rings. The third kappa shape index (κ3) is 7.58. The molecule has 3 aromatic carbocycles.